The van der Waals surface area contributed by atoms with E-state index >= 15 is 0 Å². The second-order valence-electron chi connectivity index (χ2n) is 8.08. The quantitative estimate of drug-likeness (QED) is 0.713. The van der Waals surface area contributed by atoms with E-state index in [4.69, 9.17) is 4.74 Å². The number of anilines is 1. The predicted molar refractivity (Wildman–Crippen MR) is 108 cm³/mol. The van der Waals surface area contributed by atoms with Gasteiger partial charge in [0.25, 0.3) is 0 Å². The van der Waals surface area contributed by atoms with Crippen molar-refractivity contribution in [1.82, 2.24) is 0 Å². The van der Waals surface area contributed by atoms with Crippen LogP contribution in [0.5, 0.6) is 5.75 Å². The Morgan fingerprint density at radius 1 is 1.00 bits per heavy atom. The van der Waals surface area contributed by atoms with Crippen molar-refractivity contribution in [1.29, 1.82) is 0 Å². The Kier molecular flexibility index (Phi) is 5.73. The van der Waals surface area contributed by atoms with Gasteiger partial charge in [0.2, 0.25) is 0 Å². The lowest BCUT2D eigenvalue weighted by atomic mass is 9.78. The van der Waals surface area contributed by atoms with Crippen molar-refractivity contribution in [2.24, 2.45) is 5.92 Å². The highest BCUT2D eigenvalue weighted by Crippen LogP contribution is 2.33. The first-order chi connectivity index (χ1) is 12.9. The summed E-state index contributed by atoms with van der Waals surface area (Å²) in [5.74, 6) is 0.692. The van der Waals surface area contributed by atoms with Crippen LogP contribution in [0.3, 0.4) is 0 Å². The first-order valence-electron chi connectivity index (χ1n) is 9.74. The first kappa shape index (κ1) is 19.3. The molecule has 0 heterocycles. The van der Waals surface area contributed by atoms with Gasteiger partial charge in [-0.1, -0.05) is 51.5 Å². The highest BCUT2D eigenvalue weighted by Gasteiger charge is 2.25. The van der Waals surface area contributed by atoms with Crippen molar-refractivity contribution in [3.8, 4) is 5.75 Å². The molecule has 0 radical (unpaired) electrons. The molecule has 2 unspecified atom stereocenters. The van der Waals surface area contributed by atoms with Gasteiger partial charge >= 0.3 is 6.09 Å². The van der Waals surface area contributed by atoms with Crippen LogP contribution in [0, 0.1) is 5.92 Å². The Morgan fingerprint density at radius 2 is 1.56 bits per heavy atom. The number of amides is 1. The number of benzene rings is 2. The fourth-order valence-electron chi connectivity index (χ4n) is 3.76. The highest BCUT2D eigenvalue weighted by molar-refractivity contribution is 5.84. The molecule has 1 saturated carbocycles. The molecule has 0 aromatic heterocycles. The van der Waals surface area contributed by atoms with Crippen LogP contribution in [0.15, 0.2) is 48.5 Å². The van der Waals surface area contributed by atoms with Gasteiger partial charge in [-0.2, -0.15) is 0 Å². The molecule has 1 amide bonds. The van der Waals surface area contributed by atoms with E-state index in [0.29, 0.717) is 5.92 Å². The molecule has 2 aromatic carbocycles. The van der Waals surface area contributed by atoms with Crippen molar-refractivity contribution in [3.63, 3.8) is 0 Å². The number of carbonyl (C=O) groups excluding carboxylic acids is 1. The summed E-state index contributed by atoms with van der Waals surface area (Å²) in [5, 5.41) is 12.3. The minimum Gasteiger partial charge on any atom is -0.508 e. The summed E-state index contributed by atoms with van der Waals surface area (Å²) >= 11 is 0. The Bertz CT molecular complexity index is 765. The van der Waals surface area contributed by atoms with Gasteiger partial charge in [0.1, 0.15) is 11.9 Å². The summed E-state index contributed by atoms with van der Waals surface area (Å²) in [5.41, 5.74) is 2.78. The van der Waals surface area contributed by atoms with Crippen LogP contribution in [-0.4, -0.2) is 17.3 Å². The number of nitrogens with one attached hydrogen (secondary N) is 1. The van der Waals surface area contributed by atoms with E-state index in [1.807, 2.05) is 36.4 Å². The van der Waals surface area contributed by atoms with Crippen LogP contribution >= 0.6 is 0 Å². The van der Waals surface area contributed by atoms with E-state index in [9.17, 15) is 9.90 Å². The summed E-state index contributed by atoms with van der Waals surface area (Å²) in [6.07, 6.45) is 4.07. The lowest BCUT2D eigenvalue weighted by Gasteiger charge is -2.28. The van der Waals surface area contributed by atoms with Gasteiger partial charge in [-0.15, -0.1) is 0 Å². The molecule has 2 N–H and O–H groups in total. The smallest absolute Gasteiger partial charge is 0.411 e. The van der Waals surface area contributed by atoms with E-state index in [2.05, 4.69) is 26.1 Å². The van der Waals surface area contributed by atoms with Crippen molar-refractivity contribution in [2.45, 2.75) is 58.0 Å². The van der Waals surface area contributed by atoms with E-state index in [-0.39, 0.29) is 23.4 Å². The second kappa shape index (κ2) is 8.03. The van der Waals surface area contributed by atoms with Gasteiger partial charge in [-0.3, -0.25) is 5.32 Å². The van der Waals surface area contributed by atoms with Crippen molar-refractivity contribution < 1.29 is 14.6 Å². The molecule has 2 aromatic rings. The fraction of sp³-hybridized carbons (Fsp3) is 0.435. The van der Waals surface area contributed by atoms with Gasteiger partial charge in [-0.05, 0) is 60.6 Å². The summed E-state index contributed by atoms with van der Waals surface area (Å²) in [4.78, 5) is 12.2. The first-order valence-corrected chi connectivity index (χ1v) is 9.74. The SMILES string of the molecule is CC1CCCCC1OC(=O)Nc1ccc(C(C)(C)c2ccc(O)cc2)cc1. The Balaban J connectivity index is 1.64. The number of aromatic hydroxyl groups is 1. The molecular weight excluding hydrogens is 338 g/mol. The zero-order chi connectivity index (χ0) is 19.4. The lowest BCUT2D eigenvalue weighted by molar-refractivity contribution is 0.0524. The van der Waals surface area contributed by atoms with Gasteiger partial charge < -0.3 is 9.84 Å². The number of rotatable bonds is 4. The van der Waals surface area contributed by atoms with Gasteiger partial charge in [-0.25, -0.2) is 4.79 Å². The summed E-state index contributed by atoms with van der Waals surface area (Å²) in [6.45, 7) is 6.43. The number of phenolic OH excluding ortho intramolecular Hbond substituents is 1. The molecule has 2 atom stereocenters. The largest absolute Gasteiger partial charge is 0.508 e. The van der Waals surface area contributed by atoms with E-state index in [1.165, 1.54) is 6.42 Å². The van der Waals surface area contributed by atoms with E-state index in [0.717, 1.165) is 36.1 Å². The molecule has 1 fully saturated rings. The van der Waals surface area contributed by atoms with Crippen LogP contribution in [0.25, 0.3) is 0 Å². The molecule has 0 bridgehead atoms. The molecule has 1 aliphatic rings. The summed E-state index contributed by atoms with van der Waals surface area (Å²) in [7, 11) is 0. The average Bonchev–Trinajstić information content (AvgIpc) is 2.64. The van der Waals surface area contributed by atoms with Crippen molar-refractivity contribution >= 4 is 11.8 Å². The normalized spacial score (nSPS) is 20.1. The fourth-order valence-corrected chi connectivity index (χ4v) is 3.76. The maximum atomic E-state index is 12.2. The Morgan fingerprint density at radius 3 is 2.15 bits per heavy atom. The summed E-state index contributed by atoms with van der Waals surface area (Å²) < 4.78 is 5.61. The van der Waals surface area contributed by atoms with Gasteiger partial charge in [0, 0.05) is 11.1 Å². The zero-order valence-corrected chi connectivity index (χ0v) is 16.4. The molecule has 1 aliphatic carbocycles. The monoisotopic (exact) mass is 367 g/mol. The molecular formula is C23H29NO3. The molecule has 0 aliphatic heterocycles. The van der Waals surface area contributed by atoms with E-state index < -0.39 is 0 Å². The zero-order valence-electron chi connectivity index (χ0n) is 16.4. The lowest BCUT2D eigenvalue weighted by Crippen LogP contribution is -2.30. The molecule has 27 heavy (non-hydrogen) atoms. The molecule has 4 heteroatoms. The van der Waals surface area contributed by atoms with E-state index in [1.54, 1.807) is 12.1 Å². The van der Waals surface area contributed by atoms with Crippen LogP contribution in [-0.2, 0) is 10.2 Å². The second-order valence-corrected chi connectivity index (χ2v) is 8.08. The summed E-state index contributed by atoms with van der Waals surface area (Å²) in [6, 6.07) is 15.1. The molecule has 0 spiro atoms. The standard InChI is InChI=1S/C23H29NO3/c1-16-6-4-5-7-21(16)27-22(26)24-19-12-8-17(9-13-19)23(2,3)18-10-14-20(25)15-11-18/h8-16,21,25H,4-7H2,1-3H3,(H,24,26). The number of hydrogen-bond donors (Lipinski definition) is 2. The topological polar surface area (TPSA) is 58.6 Å². The minimum absolute atomic E-state index is 0.0199. The van der Waals surface area contributed by atoms with Gasteiger partial charge in [0.15, 0.2) is 0 Å². The van der Waals surface area contributed by atoms with Crippen LogP contribution in [0.1, 0.15) is 57.6 Å². The van der Waals surface area contributed by atoms with Crippen LogP contribution < -0.4 is 5.32 Å². The third-order valence-corrected chi connectivity index (χ3v) is 5.73. The maximum Gasteiger partial charge on any atom is 0.411 e. The maximum absolute atomic E-state index is 12.2. The molecule has 144 valence electrons. The number of hydrogen-bond acceptors (Lipinski definition) is 3. The Labute approximate surface area is 161 Å². The minimum atomic E-state index is -0.376. The predicted octanol–water partition coefficient (Wildman–Crippen LogP) is 5.85. The number of phenols is 1. The average molecular weight is 367 g/mol. The third kappa shape index (κ3) is 4.62. The highest BCUT2D eigenvalue weighted by atomic mass is 16.6. The van der Waals surface area contributed by atoms with Crippen molar-refractivity contribution in [3.05, 3.63) is 59.7 Å². The van der Waals surface area contributed by atoms with Gasteiger partial charge in [0.05, 0.1) is 0 Å². The number of carbonyl (C=O) groups is 1. The number of ether oxygens (including phenoxy) is 1. The Hall–Kier alpha value is -2.49. The molecule has 4 nitrogen and oxygen atoms in total. The van der Waals surface area contributed by atoms with Crippen molar-refractivity contribution in [2.75, 3.05) is 5.32 Å². The van der Waals surface area contributed by atoms with Crippen LogP contribution in [0.2, 0.25) is 0 Å². The third-order valence-electron chi connectivity index (χ3n) is 5.73. The molecule has 0 saturated heterocycles. The molecule has 3 rings (SSSR count). The van der Waals surface area contributed by atoms with Crippen LogP contribution in [0.4, 0.5) is 10.5 Å².